The fraction of sp³-hybridized carbons (Fsp3) is 0.571. The van der Waals surface area contributed by atoms with Crippen LogP contribution >= 0.6 is 0 Å². The van der Waals surface area contributed by atoms with E-state index in [1.165, 1.54) is 6.07 Å². The van der Waals surface area contributed by atoms with E-state index >= 15 is 0 Å². The predicted molar refractivity (Wildman–Crippen MR) is 66.5 cm³/mol. The third kappa shape index (κ3) is 2.54. The van der Waals surface area contributed by atoms with Crippen molar-refractivity contribution in [1.82, 2.24) is 4.90 Å². The number of rotatable bonds is 2. The lowest BCUT2D eigenvalue weighted by Crippen LogP contribution is -2.33. The van der Waals surface area contributed by atoms with Gasteiger partial charge in [0.15, 0.2) is 0 Å². The summed E-state index contributed by atoms with van der Waals surface area (Å²) in [5.74, 6) is -0.857. The van der Waals surface area contributed by atoms with Gasteiger partial charge in [-0.15, -0.1) is 0 Å². The fourth-order valence-corrected chi connectivity index (χ4v) is 3.04. The lowest BCUT2D eigenvalue weighted by Gasteiger charge is -2.27. The number of benzene rings is 1. The molecule has 0 radical (unpaired) electrons. The minimum atomic E-state index is -4.54. The third-order valence-electron chi connectivity index (χ3n) is 4.09. The minimum absolute atomic E-state index is 0.238. The van der Waals surface area contributed by atoms with Crippen LogP contribution < -0.4 is 5.73 Å². The Labute approximate surface area is 114 Å². The van der Waals surface area contributed by atoms with Gasteiger partial charge in [-0.1, -0.05) is 0 Å². The van der Waals surface area contributed by atoms with Crippen molar-refractivity contribution in [2.75, 3.05) is 6.54 Å². The average Bonchev–Trinajstić information content (AvgIpc) is 3.11. The molecule has 0 bridgehead atoms. The number of alkyl halides is 3. The van der Waals surface area contributed by atoms with E-state index in [-0.39, 0.29) is 12.1 Å². The summed E-state index contributed by atoms with van der Waals surface area (Å²) in [6.45, 7) is 0.772. The van der Waals surface area contributed by atoms with Crippen molar-refractivity contribution < 1.29 is 17.6 Å². The number of hydrogen-bond acceptors (Lipinski definition) is 2. The number of hydrogen-bond donors (Lipinski definition) is 1. The summed E-state index contributed by atoms with van der Waals surface area (Å²) >= 11 is 0. The lowest BCUT2D eigenvalue weighted by molar-refractivity contribution is -0.137. The second-order valence-corrected chi connectivity index (χ2v) is 5.64. The van der Waals surface area contributed by atoms with E-state index < -0.39 is 17.6 Å². The van der Waals surface area contributed by atoms with E-state index in [9.17, 15) is 17.6 Å². The number of halogens is 4. The van der Waals surface area contributed by atoms with Crippen LogP contribution in [-0.2, 0) is 6.18 Å². The molecule has 1 saturated heterocycles. The molecule has 3 rings (SSSR count). The highest BCUT2D eigenvalue weighted by molar-refractivity contribution is 5.31. The molecule has 1 aliphatic carbocycles. The molecule has 2 aliphatic rings. The summed E-state index contributed by atoms with van der Waals surface area (Å²) in [5.41, 5.74) is 5.43. The van der Waals surface area contributed by atoms with E-state index in [1.54, 1.807) is 0 Å². The van der Waals surface area contributed by atoms with Gasteiger partial charge in [-0.3, -0.25) is 4.90 Å². The standard InChI is InChI=1S/C14H16F4N2/c15-10-6-8(5-9(7-10)14(16,17)18)13-12(19)3-4-20(13)11-1-2-11/h5-7,11-13H,1-4,19H2. The zero-order chi connectivity index (χ0) is 14.5. The Hall–Kier alpha value is -1.14. The summed E-state index contributed by atoms with van der Waals surface area (Å²) in [6.07, 6.45) is -1.71. The molecule has 1 saturated carbocycles. The largest absolute Gasteiger partial charge is 0.416 e. The highest BCUT2D eigenvalue weighted by Crippen LogP contribution is 2.41. The Bertz CT molecular complexity index is 510. The second-order valence-electron chi connectivity index (χ2n) is 5.64. The zero-order valence-corrected chi connectivity index (χ0v) is 10.8. The lowest BCUT2D eigenvalue weighted by atomic mass is 9.98. The molecule has 6 heteroatoms. The van der Waals surface area contributed by atoms with Gasteiger partial charge in [-0.2, -0.15) is 13.2 Å². The van der Waals surface area contributed by atoms with Gasteiger partial charge in [-0.25, -0.2) is 4.39 Å². The van der Waals surface area contributed by atoms with Crippen LogP contribution in [0.1, 0.15) is 36.4 Å². The van der Waals surface area contributed by atoms with Crippen molar-refractivity contribution >= 4 is 0 Å². The number of nitrogens with two attached hydrogens (primary N) is 1. The maximum Gasteiger partial charge on any atom is 0.416 e. The van der Waals surface area contributed by atoms with Crippen LogP contribution in [0.25, 0.3) is 0 Å². The molecule has 1 aliphatic heterocycles. The highest BCUT2D eigenvalue weighted by Gasteiger charge is 2.42. The van der Waals surface area contributed by atoms with Crippen molar-refractivity contribution in [1.29, 1.82) is 0 Å². The van der Waals surface area contributed by atoms with E-state index in [0.29, 0.717) is 17.7 Å². The summed E-state index contributed by atoms with van der Waals surface area (Å²) in [4.78, 5) is 2.12. The van der Waals surface area contributed by atoms with Crippen LogP contribution in [0.2, 0.25) is 0 Å². The van der Waals surface area contributed by atoms with Gasteiger partial charge in [0.05, 0.1) is 11.6 Å². The zero-order valence-electron chi connectivity index (χ0n) is 10.8. The molecule has 2 fully saturated rings. The maximum atomic E-state index is 13.5. The summed E-state index contributed by atoms with van der Waals surface area (Å²) in [5, 5.41) is 0. The van der Waals surface area contributed by atoms with Crippen LogP contribution in [-0.4, -0.2) is 23.5 Å². The number of nitrogens with zero attached hydrogens (tertiary/aromatic N) is 1. The molecule has 1 heterocycles. The fourth-order valence-electron chi connectivity index (χ4n) is 3.04. The molecule has 20 heavy (non-hydrogen) atoms. The first-order valence-electron chi connectivity index (χ1n) is 6.75. The van der Waals surface area contributed by atoms with Gasteiger partial charge < -0.3 is 5.73 Å². The first kappa shape index (κ1) is 13.8. The molecule has 1 aromatic rings. The molecule has 0 aromatic heterocycles. The van der Waals surface area contributed by atoms with Crippen molar-refractivity contribution in [2.45, 2.75) is 43.6 Å². The summed E-state index contributed by atoms with van der Waals surface area (Å²) in [6, 6.07) is 2.60. The van der Waals surface area contributed by atoms with Gasteiger partial charge >= 0.3 is 6.18 Å². The normalized spacial score (nSPS) is 28.1. The average molecular weight is 288 g/mol. The molecule has 1 aromatic carbocycles. The predicted octanol–water partition coefficient (Wildman–Crippen LogP) is 3.08. The van der Waals surface area contributed by atoms with Gasteiger partial charge in [0.1, 0.15) is 5.82 Å². The molecule has 0 amide bonds. The monoisotopic (exact) mass is 288 g/mol. The Kier molecular flexibility index (Phi) is 3.25. The summed E-state index contributed by atoms with van der Waals surface area (Å²) in [7, 11) is 0. The van der Waals surface area contributed by atoms with Crippen molar-refractivity contribution in [3.63, 3.8) is 0 Å². The molecular formula is C14H16F4N2. The molecule has 2 unspecified atom stereocenters. The smallest absolute Gasteiger partial charge is 0.326 e. The second kappa shape index (κ2) is 4.70. The van der Waals surface area contributed by atoms with E-state index in [2.05, 4.69) is 4.90 Å². The molecule has 110 valence electrons. The Morgan fingerprint density at radius 2 is 1.80 bits per heavy atom. The Morgan fingerprint density at radius 3 is 2.40 bits per heavy atom. The van der Waals surface area contributed by atoms with Gasteiger partial charge in [0.25, 0.3) is 0 Å². The first-order valence-corrected chi connectivity index (χ1v) is 6.75. The first-order chi connectivity index (χ1) is 9.36. The minimum Gasteiger partial charge on any atom is -0.326 e. The molecule has 2 nitrogen and oxygen atoms in total. The Morgan fingerprint density at radius 1 is 1.10 bits per heavy atom. The van der Waals surface area contributed by atoms with E-state index in [1.807, 2.05) is 0 Å². The van der Waals surface area contributed by atoms with Gasteiger partial charge in [0.2, 0.25) is 0 Å². The van der Waals surface area contributed by atoms with E-state index in [0.717, 1.165) is 31.9 Å². The van der Waals surface area contributed by atoms with Crippen LogP contribution in [0.4, 0.5) is 17.6 Å². The third-order valence-corrected chi connectivity index (χ3v) is 4.09. The molecular weight excluding hydrogens is 272 g/mol. The number of likely N-dealkylation sites (tertiary alicyclic amines) is 1. The van der Waals surface area contributed by atoms with Crippen LogP contribution in [0.5, 0.6) is 0 Å². The molecule has 0 spiro atoms. The topological polar surface area (TPSA) is 29.3 Å². The van der Waals surface area contributed by atoms with Gasteiger partial charge in [0, 0.05) is 18.6 Å². The van der Waals surface area contributed by atoms with Crippen LogP contribution in [0.3, 0.4) is 0 Å². The molecule has 2 atom stereocenters. The van der Waals surface area contributed by atoms with Crippen molar-refractivity contribution in [3.05, 3.63) is 35.1 Å². The van der Waals surface area contributed by atoms with Crippen molar-refractivity contribution in [3.8, 4) is 0 Å². The van der Waals surface area contributed by atoms with E-state index in [4.69, 9.17) is 5.73 Å². The van der Waals surface area contributed by atoms with Crippen LogP contribution in [0.15, 0.2) is 18.2 Å². The quantitative estimate of drug-likeness (QED) is 0.847. The van der Waals surface area contributed by atoms with Gasteiger partial charge in [-0.05, 0) is 43.0 Å². The van der Waals surface area contributed by atoms with Crippen LogP contribution in [0, 0.1) is 5.82 Å². The summed E-state index contributed by atoms with van der Waals surface area (Å²) < 4.78 is 51.9. The highest BCUT2D eigenvalue weighted by atomic mass is 19.4. The molecule has 2 N–H and O–H groups in total. The van der Waals surface area contributed by atoms with Crippen molar-refractivity contribution in [2.24, 2.45) is 5.73 Å². The maximum absolute atomic E-state index is 13.5. The SMILES string of the molecule is NC1CCN(C2CC2)C1c1cc(F)cc(C(F)(F)F)c1. The Balaban J connectivity index is 1.97.